The lowest BCUT2D eigenvalue weighted by atomic mass is 9.84. The number of allylic oxidation sites excluding steroid dienone is 3. The molecule has 0 aromatic carbocycles. The molecular weight excluding hydrogens is 288 g/mol. The Hall–Kier alpha value is -1.99. The average molecular weight is 309 g/mol. The van der Waals surface area contributed by atoms with E-state index in [-0.39, 0.29) is 17.3 Å². The molecule has 1 aliphatic carbocycles. The first-order valence-corrected chi connectivity index (χ1v) is 6.86. The van der Waals surface area contributed by atoms with Gasteiger partial charge in [-0.2, -0.15) is 5.06 Å². The lowest BCUT2D eigenvalue weighted by molar-refractivity contribution is -0.181. The van der Waals surface area contributed by atoms with Crippen molar-refractivity contribution in [2.24, 2.45) is 0 Å². The van der Waals surface area contributed by atoms with E-state index in [9.17, 15) is 15.2 Å². The van der Waals surface area contributed by atoms with E-state index >= 15 is 0 Å². The topological polar surface area (TPSA) is 82.1 Å². The molecule has 1 saturated heterocycles. The van der Waals surface area contributed by atoms with Crippen molar-refractivity contribution in [3.05, 3.63) is 35.1 Å². The first-order chi connectivity index (χ1) is 10.1. The van der Waals surface area contributed by atoms with E-state index in [4.69, 9.17) is 9.47 Å². The maximum Gasteiger partial charge on any atom is 0.261 e. The summed E-state index contributed by atoms with van der Waals surface area (Å²) >= 11 is 0. The Balaban J connectivity index is 2.66. The number of hydrogen-bond donors (Lipinski definition) is 1. The number of Topliss-reactive ketones (excluding diaryl/α,β-unsaturated/α-hetero) is 1. The normalized spacial score (nSPS) is 23.5. The minimum Gasteiger partial charge on any atom is -0.492 e. The molecular formula is C15H21N2O5. The molecule has 1 radical (unpaired) electrons. The van der Waals surface area contributed by atoms with Gasteiger partial charge in [-0.25, -0.2) is 5.06 Å². The van der Waals surface area contributed by atoms with Crippen molar-refractivity contribution in [2.45, 2.75) is 38.8 Å². The molecule has 121 valence electrons. The van der Waals surface area contributed by atoms with Crippen molar-refractivity contribution >= 4 is 5.78 Å². The van der Waals surface area contributed by atoms with Crippen molar-refractivity contribution in [1.29, 1.82) is 0 Å². The zero-order valence-corrected chi connectivity index (χ0v) is 13.6. The number of carbonyl (C=O) groups excluding carboxylic acids is 1. The van der Waals surface area contributed by atoms with Gasteiger partial charge in [-0.05, 0) is 39.8 Å². The molecule has 0 saturated carbocycles. The Bertz CT molecular complexity index is 553. The van der Waals surface area contributed by atoms with Crippen LogP contribution in [0.3, 0.4) is 0 Å². The molecule has 0 aromatic heterocycles. The van der Waals surface area contributed by atoms with Gasteiger partial charge in [0, 0.05) is 5.57 Å². The molecule has 22 heavy (non-hydrogen) atoms. The van der Waals surface area contributed by atoms with E-state index in [1.165, 1.54) is 26.4 Å². The van der Waals surface area contributed by atoms with E-state index in [1.54, 1.807) is 27.7 Å². The van der Waals surface area contributed by atoms with Gasteiger partial charge in [0.15, 0.2) is 17.3 Å². The van der Waals surface area contributed by atoms with E-state index in [2.05, 4.69) is 0 Å². The van der Waals surface area contributed by atoms with Crippen molar-refractivity contribution in [3.8, 4) is 0 Å². The summed E-state index contributed by atoms with van der Waals surface area (Å²) in [5.41, 5.74) is -1.33. The van der Waals surface area contributed by atoms with Gasteiger partial charge in [-0.1, -0.05) is 5.21 Å². The largest absolute Gasteiger partial charge is 0.492 e. The van der Waals surface area contributed by atoms with Gasteiger partial charge in [-0.3, -0.25) is 10.0 Å². The molecule has 1 heterocycles. The number of rotatable bonds is 2. The molecule has 1 fully saturated rings. The fourth-order valence-corrected chi connectivity index (χ4v) is 2.37. The average Bonchev–Trinajstić information content (AvgIpc) is 2.58. The Morgan fingerprint density at radius 2 is 1.45 bits per heavy atom. The van der Waals surface area contributed by atoms with Crippen molar-refractivity contribution in [2.75, 3.05) is 14.2 Å². The Morgan fingerprint density at radius 3 is 1.77 bits per heavy atom. The van der Waals surface area contributed by atoms with E-state index in [0.29, 0.717) is 5.57 Å². The fraction of sp³-hybridized carbons (Fsp3) is 0.533. The highest BCUT2D eigenvalue weighted by atomic mass is 16.6. The Morgan fingerprint density at radius 1 is 1.00 bits per heavy atom. The van der Waals surface area contributed by atoms with Crippen molar-refractivity contribution in [1.82, 2.24) is 10.1 Å². The van der Waals surface area contributed by atoms with Gasteiger partial charge < -0.3 is 9.47 Å². The van der Waals surface area contributed by atoms with Crippen LogP contribution in [-0.2, 0) is 19.5 Å². The van der Waals surface area contributed by atoms with Gasteiger partial charge in [0.2, 0.25) is 0 Å². The maximum atomic E-state index is 12.7. The third-order valence-electron chi connectivity index (χ3n) is 4.65. The third-order valence-corrected chi connectivity index (χ3v) is 4.65. The van der Waals surface area contributed by atoms with Gasteiger partial charge >= 0.3 is 0 Å². The molecule has 0 bridgehead atoms. The molecule has 0 atom stereocenters. The second-order valence-electron chi connectivity index (χ2n) is 6.26. The molecule has 0 aromatic rings. The van der Waals surface area contributed by atoms with Crippen LogP contribution in [0.5, 0.6) is 0 Å². The molecule has 0 spiro atoms. The summed E-state index contributed by atoms with van der Waals surface area (Å²) in [6.45, 7) is 7.02. The number of nitrogens with zero attached hydrogens (tertiary/aromatic N) is 2. The quantitative estimate of drug-likeness (QED) is 0.837. The van der Waals surface area contributed by atoms with Crippen LogP contribution < -0.4 is 0 Å². The standard InChI is InChI=1S/C15H21N2O5/c1-14(2)15(3,4)17(20)13(16(14)19)9-7-10(21-5)12(18)11(8-9)22-6/h7-8,19H,1-6H3. The molecule has 2 aliphatic rings. The molecule has 7 heteroatoms. The third kappa shape index (κ3) is 2.00. The zero-order valence-electron chi connectivity index (χ0n) is 13.6. The zero-order chi connectivity index (χ0) is 16.9. The van der Waals surface area contributed by atoms with Crippen LogP contribution in [-0.4, -0.2) is 46.4 Å². The number of carbonyl (C=O) groups is 1. The number of hydrogen-bond acceptors (Lipinski definition) is 6. The minimum absolute atomic E-state index is 0.0474. The SMILES string of the molecule is COC1=CC(=C2N([O])C(C)(C)C(C)(C)N2O)C=C(OC)C1=O. The van der Waals surface area contributed by atoms with Gasteiger partial charge in [0.1, 0.15) is 0 Å². The van der Waals surface area contributed by atoms with Crippen molar-refractivity contribution < 1.29 is 24.7 Å². The highest BCUT2D eigenvalue weighted by molar-refractivity contribution is 6.07. The summed E-state index contributed by atoms with van der Waals surface area (Å²) < 4.78 is 10.1. The van der Waals surface area contributed by atoms with Crippen LogP contribution in [0.1, 0.15) is 27.7 Å². The molecule has 1 aliphatic heterocycles. The smallest absolute Gasteiger partial charge is 0.261 e. The lowest BCUT2D eigenvalue weighted by Crippen LogP contribution is -2.52. The highest BCUT2D eigenvalue weighted by Crippen LogP contribution is 2.45. The van der Waals surface area contributed by atoms with Crippen LogP contribution in [0.15, 0.2) is 35.1 Å². The molecule has 1 N–H and O–H groups in total. The van der Waals surface area contributed by atoms with E-state index in [1.807, 2.05) is 0 Å². The van der Waals surface area contributed by atoms with Crippen LogP contribution in [0.4, 0.5) is 0 Å². The first kappa shape index (κ1) is 16.4. The molecule has 2 rings (SSSR count). The number of hydroxylamine groups is 4. The first-order valence-electron chi connectivity index (χ1n) is 6.86. The Labute approximate surface area is 129 Å². The minimum atomic E-state index is -0.867. The predicted molar refractivity (Wildman–Crippen MR) is 76.5 cm³/mol. The molecule has 0 amide bonds. The fourth-order valence-electron chi connectivity index (χ4n) is 2.37. The number of methoxy groups -OCH3 is 2. The van der Waals surface area contributed by atoms with Crippen LogP contribution >= 0.6 is 0 Å². The molecule has 0 unspecified atom stereocenters. The van der Waals surface area contributed by atoms with Crippen LogP contribution in [0, 0.1) is 0 Å². The summed E-state index contributed by atoms with van der Waals surface area (Å²) in [5.74, 6) is -0.267. The second kappa shape index (κ2) is 5.03. The van der Waals surface area contributed by atoms with Gasteiger partial charge in [0.05, 0.1) is 25.3 Å². The summed E-state index contributed by atoms with van der Waals surface area (Å²) in [5, 5.41) is 24.8. The maximum absolute atomic E-state index is 12.7. The Kier molecular flexibility index (Phi) is 3.75. The number of ether oxygens (including phenoxy) is 2. The summed E-state index contributed by atoms with van der Waals surface area (Å²) in [7, 11) is 2.72. The predicted octanol–water partition coefficient (Wildman–Crippen LogP) is 1.75. The van der Waals surface area contributed by atoms with Gasteiger partial charge in [-0.15, -0.1) is 0 Å². The lowest BCUT2D eigenvalue weighted by Gasteiger charge is -2.36. The van der Waals surface area contributed by atoms with Crippen molar-refractivity contribution in [3.63, 3.8) is 0 Å². The van der Waals surface area contributed by atoms with Gasteiger partial charge in [0.25, 0.3) is 5.78 Å². The highest BCUT2D eigenvalue weighted by Gasteiger charge is 2.56. The summed E-state index contributed by atoms with van der Waals surface area (Å²) in [6.07, 6.45) is 2.84. The van der Waals surface area contributed by atoms with E-state index in [0.717, 1.165) is 10.1 Å². The number of ketones is 1. The monoisotopic (exact) mass is 309 g/mol. The van der Waals surface area contributed by atoms with Crippen LogP contribution in [0.2, 0.25) is 0 Å². The molecule has 7 nitrogen and oxygen atoms in total. The summed E-state index contributed by atoms with van der Waals surface area (Å²) in [4.78, 5) is 12.0. The van der Waals surface area contributed by atoms with E-state index < -0.39 is 16.9 Å². The summed E-state index contributed by atoms with van der Waals surface area (Å²) in [6, 6.07) is 0. The van der Waals surface area contributed by atoms with Crippen LogP contribution in [0.25, 0.3) is 0 Å². The second-order valence-corrected chi connectivity index (χ2v) is 6.26.